The Morgan fingerprint density at radius 3 is 1.58 bits per heavy atom. The molecule has 0 aromatic rings. The molecule has 4 rings (SSSR count). The summed E-state index contributed by atoms with van der Waals surface area (Å²) in [6.07, 6.45) is 11.3. The molecule has 2 unspecified atom stereocenters. The van der Waals surface area contributed by atoms with Crippen LogP contribution in [-0.4, -0.2) is 38.6 Å². The van der Waals surface area contributed by atoms with Gasteiger partial charge in [0.15, 0.2) is 0 Å². The molecule has 0 saturated heterocycles. The van der Waals surface area contributed by atoms with Crippen molar-refractivity contribution in [3.63, 3.8) is 0 Å². The Balaban J connectivity index is 0.000000151. The summed E-state index contributed by atoms with van der Waals surface area (Å²) in [5.41, 5.74) is 11.2. The number of rotatable bonds is 1. The topological polar surface area (TPSA) is 55.3 Å². The van der Waals surface area contributed by atoms with Crippen LogP contribution in [0.3, 0.4) is 0 Å². The summed E-state index contributed by atoms with van der Waals surface area (Å²) in [7, 11) is 6.00. The highest BCUT2D eigenvalue weighted by Crippen LogP contribution is 2.47. The molecule has 4 aliphatic carbocycles. The summed E-state index contributed by atoms with van der Waals surface area (Å²) >= 11 is 0. The second kappa shape index (κ2) is 8.93. The van der Waals surface area contributed by atoms with Gasteiger partial charge in [-0.2, -0.15) is 0 Å². The van der Waals surface area contributed by atoms with Crippen LogP contribution in [0.5, 0.6) is 0 Å². The Bertz CT molecular complexity index is 207. The van der Waals surface area contributed by atoms with E-state index in [9.17, 15) is 0 Å². The van der Waals surface area contributed by atoms with E-state index in [4.69, 9.17) is 11.5 Å². The number of fused-ring (bicyclic) bond motifs is 1. The minimum absolute atomic E-state index is 0.611. The molecule has 0 spiro atoms. The van der Waals surface area contributed by atoms with Crippen LogP contribution in [0.25, 0.3) is 0 Å². The summed E-state index contributed by atoms with van der Waals surface area (Å²) in [5, 5.41) is 0. The largest absolute Gasteiger partial charge is 0.330 e. The Morgan fingerprint density at radius 2 is 1.37 bits per heavy atom. The van der Waals surface area contributed by atoms with Crippen molar-refractivity contribution in [3.05, 3.63) is 0 Å². The molecule has 0 aromatic heterocycles. The summed E-state index contributed by atoms with van der Waals surface area (Å²) in [5.74, 6) is 2.73. The zero-order chi connectivity index (χ0) is 14.3. The first-order chi connectivity index (χ1) is 9.04. The summed E-state index contributed by atoms with van der Waals surface area (Å²) in [4.78, 5) is 2.00. The second-order valence-corrected chi connectivity index (χ2v) is 6.99. The fourth-order valence-corrected chi connectivity index (χ4v) is 3.36. The standard InChI is InChI=1S/C7H15N.C6H11N.C3H9N/c8-6-7-4-2-1-3-5-7;7-6-4-1-2-5(6)3-4;1-4(2)3/h7H,1-6,8H2;4-6H,1-3,7H2;1-3H3. The quantitative estimate of drug-likeness (QED) is 0.769. The van der Waals surface area contributed by atoms with Gasteiger partial charge in [-0.1, -0.05) is 19.3 Å². The van der Waals surface area contributed by atoms with Gasteiger partial charge < -0.3 is 16.4 Å². The lowest BCUT2D eigenvalue weighted by atomic mass is 9.79. The molecular formula is C16H35N3. The maximum atomic E-state index is 5.73. The van der Waals surface area contributed by atoms with Crippen molar-refractivity contribution >= 4 is 0 Å². The molecule has 0 amide bonds. The lowest BCUT2D eigenvalue weighted by Crippen LogP contribution is -2.41. The minimum Gasteiger partial charge on any atom is -0.330 e. The first-order valence-electron chi connectivity index (χ1n) is 8.11. The normalized spacial score (nSPS) is 32.8. The zero-order valence-corrected chi connectivity index (χ0v) is 13.3. The van der Waals surface area contributed by atoms with Crippen molar-refractivity contribution in [1.82, 2.24) is 4.90 Å². The molecule has 3 heteroatoms. The van der Waals surface area contributed by atoms with Gasteiger partial charge in [-0.25, -0.2) is 0 Å². The number of nitrogens with two attached hydrogens (primary N) is 2. The third-order valence-electron chi connectivity index (χ3n) is 4.66. The molecular weight excluding hydrogens is 234 g/mol. The first-order valence-corrected chi connectivity index (χ1v) is 8.11. The van der Waals surface area contributed by atoms with Crippen molar-refractivity contribution in [1.29, 1.82) is 0 Å². The Labute approximate surface area is 120 Å². The van der Waals surface area contributed by atoms with Crippen molar-refractivity contribution < 1.29 is 0 Å². The maximum absolute atomic E-state index is 5.73. The molecule has 19 heavy (non-hydrogen) atoms. The van der Waals surface area contributed by atoms with E-state index >= 15 is 0 Å². The van der Waals surface area contributed by atoms with Gasteiger partial charge >= 0.3 is 0 Å². The van der Waals surface area contributed by atoms with Gasteiger partial charge in [0.25, 0.3) is 0 Å². The minimum atomic E-state index is 0.611. The predicted octanol–water partition coefficient (Wildman–Crippen LogP) is 2.45. The van der Waals surface area contributed by atoms with Crippen LogP contribution >= 0.6 is 0 Å². The van der Waals surface area contributed by atoms with Crippen LogP contribution in [0.15, 0.2) is 0 Å². The summed E-state index contributed by atoms with van der Waals surface area (Å²) < 4.78 is 0. The van der Waals surface area contributed by atoms with Gasteiger partial charge in [0.05, 0.1) is 0 Å². The van der Waals surface area contributed by atoms with E-state index in [1.165, 1.54) is 51.4 Å². The van der Waals surface area contributed by atoms with Crippen molar-refractivity contribution in [3.8, 4) is 0 Å². The van der Waals surface area contributed by atoms with E-state index in [2.05, 4.69) is 0 Å². The Morgan fingerprint density at radius 1 is 0.895 bits per heavy atom. The number of hydrogen-bond acceptors (Lipinski definition) is 3. The summed E-state index contributed by atoms with van der Waals surface area (Å²) in [6, 6.07) is 0.611. The van der Waals surface area contributed by atoms with Gasteiger partial charge in [0.2, 0.25) is 0 Å². The smallest absolute Gasteiger partial charge is 0.00958 e. The zero-order valence-electron chi connectivity index (χ0n) is 13.3. The van der Waals surface area contributed by atoms with E-state index in [0.29, 0.717) is 6.04 Å². The van der Waals surface area contributed by atoms with E-state index in [0.717, 1.165) is 24.3 Å². The predicted molar refractivity (Wildman–Crippen MR) is 84.0 cm³/mol. The highest BCUT2D eigenvalue weighted by atomic mass is 15.0. The average Bonchev–Trinajstić information content (AvgIpc) is 3.02. The molecule has 4 saturated carbocycles. The molecule has 2 atom stereocenters. The van der Waals surface area contributed by atoms with Crippen LogP contribution in [0.4, 0.5) is 0 Å². The Kier molecular flexibility index (Phi) is 7.96. The van der Waals surface area contributed by atoms with Crippen LogP contribution in [0, 0.1) is 17.8 Å². The van der Waals surface area contributed by atoms with Gasteiger partial charge in [-0.15, -0.1) is 0 Å². The highest BCUT2D eigenvalue weighted by Gasteiger charge is 2.43. The molecule has 2 bridgehead atoms. The SMILES string of the molecule is CN(C)C.NC1C2CCC1C2.NCC1CCCCC1. The Hall–Kier alpha value is -0.120. The number of nitrogens with zero attached hydrogens (tertiary/aromatic N) is 1. The lowest BCUT2D eigenvalue weighted by Gasteiger charge is -2.31. The maximum Gasteiger partial charge on any atom is 0.00958 e. The van der Waals surface area contributed by atoms with Crippen molar-refractivity contribution in [2.75, 3.05) is 27.7 Å². The molecule has 4 fully saturated rings. The van der Waals surface area contributed by atoms with Gasteiger partial charge in [0.1, 0.15) is 0 Å². The van der Waals surface area contributed by atoms with E-state index < -0.39 is 0 Å². The van der Waals surface area contributed by atoms with Gasteiger partial charge in [0, 0.05) is 6.04 Å². The third-order valence-corrected chi connectivity index (χ3v) is 4.66. The van der Waals surface area contributed by atoms with Crippen molar-refractivity contribution in [2.24, 2.45) is 29.2 Å². The molecule has 0 aliphatic heterocycles. The highest BCUT2D eigenvalue weighted by molar-refractivity contribution is 4.98. The second-order valence-electron chi connectivity index (χ2n) is 6.99. The van der Waals surface area contributed by atoms with Gasteiger partial charge in [-0.05, 0) is 77.5 Å². The van der Waals surface area contributed by atoms with Crippen LogP contribution in [0.2, 0.25) is 0 Å². The molecule has 4 N–H and O–H groups in total. The van der Waals surface area contributed by atoms with Crippen LogP contribution in [-0.2, 0) is 0 Å². The van der Waals surface area contributed by atoms with E-state index in [1.807, 2.05) is 26.0 Å². The van der Waals surface area contributed by atoms with Gasteiger partial charge in [-0.3, -0.25) is 0 Å². The molecule has 3 nitrogen and oxygen atoms in total. The fraction of sp³-hybridized carbons (Fsp3) is 1.00. The summed E-state index contributed by atoms with van der Waals surface area (Å²) in [6.45, 7) is 0.917. The van der Waals surface area contributed by atoms with E-state index in [-0.39, 0.29) is 0 Å². The van der Waals surface area contributed by atoms with Crippen molar-refractivity contribution in [2.45, 2.75) is 57.4 Å². The fourth-order valence-electron chi connectivity index (χ4n) is 3.36. The van der Waals surface area contributed by atoms with Crippen LogP contribution < -0.4 is 11.5 Å². The molecule has 0 radical (unpaired) electrons. The lowest BCUT2D eigenvalue weighted by molar-refractivity contribution is 0.242. The molecule has 114 valence electrons. The first kappa shape index (κ1) is 16.9. The third kappa shape index (κ3) is 6.24. The monoisotopic (exact) mass is 269 g/mol. The van der Waals surface area contributed by atoms with Crippen LogP contribution in [0.1, 0.15) is 51.4 Å². The molecule has 0 aromatic carbocycles. The average molecular weight is 269 g/mol. The number of hydrogen-bond donors (Lipinski definition) is 2. The van der Waals surface area contributed by atoms with E-state index in [1.54, 1.807) is 0 Å². The molecule has 4 aliphatic rings. The molecule has 0 heterocycles.